The summed E-state index contributed by atoms with van der Waals surface area (Å²) >= 11 is 0. The number of ether oxygens (including phenoxy) is 1. The number of piperidine rings is 2. The minimum atomic E-state index is -0.832. The third kappa shape index (κ3) is 7.22. The number of likely N-dealkylation sites (tertiary alicyclic amines) is 1. The summed E-state index contributed by atoms with van der Waals surface area (Å²) in [7, 11) is 0. The number of carboxylic acids is 1. The van der Waals surface area contributed by atoms with Gasteiger partial charge in [0, 0.05) is 45.3 Å². The van der Waals surface area contributed by atoms with Crippen LogP contribution in [-0.4, -0.2) is 103 Å². The van der Waals surface area contributed by atoms with Gasteiger partial charge in [0.05, 0.1) is 19.1 Å². The molecule has 0 aromatic carbocycles. The van der Waals surface area contributed by atoms with Gasteiger partial charge in [-0.1, -0.05) is 0 Å². The van der Waals surface area contributed by atoms with Gasteiger partial charge in [-0.15, -0.1) is 24.8 Å². The molecule has 10 heteroatoms. The van der Waals surface area contributed by atoms with Crippen molar-refractivity contribution in [3.8, 4) is 0 Å². The summed E-state index contributed by atoms with van der Waals surface area (Å²) in [6, 6.07) is 0.825. The molecule has 0 aromatic heterocycles. The van der Waals surface area contributed by atoms with Crippen LogP contribution in [0.1, 0.15) is 32.1 Å². The van der Waals surface area contributed by atoms with Crippen molar-refractivity contribution in [3.05, 3.63) is 0 Å². The molecule has 164 valence electrons. The van der Waals surface area contributed by atoms with E-state index in [-0.39, 0.29) is 50.0 Å². The minimum Gasteiger partial charge on any atom is -0.481 e. The van der Waals surface area contributed by atoms with Crippen LogP contribution in [0.5, 0.6) is 0 Å². The van der Waals surface area contributed by atoms with E-state index in [1.165, 1.54) is 12.8 Å². The number of carboxylic acid groups (broad SMARTS) is 1. The number of halogens is 2. The molecule has 0 aromatic rings. The summed E-state index contributed by atoms with van der Waals surface area (Å²) in [6.07, 6.45) is 4.13. The second-order valence-electron chi connectivity index (χ2n) is 7.49. The van der Waals surface area contributed by atoms with Crippen molar-refractivity contribution in [1.82, 2.24) is 20.0 Å². The third-order valence-electron chi connectivity index (χ3n) is 5.79. The summed E-state index contributed by atoms with van der Waals surface area (Å²) in [4.78, 5) is 29.8. The number of piperazine rings is 1. The number of aliphatic carboxylic acids is 1. The van der Waals surface area contributed by atoms with Crippen LogP contribution in [-0.2, 0) is 9.53 Å². The van der Waals surface area contributed by atoms with E-state index in [4.69, 9.17) is 9.84 Å². The Morgan fingerprint density at radius 1 is 0.893 bits per heavy atom. The Labute approximate surface area is 179 Å². The van der Waals surface area contributed by atoms with E-state index in [9.17, 15) is 9.59 Å². The average molecular weight is 441 g/mol. The van der Waals surface area contributed by atoms with Crippen molar-refractivity contribution in [2.45, 2.75) is 44.2 Å². The minimum absolute atomic E-state index is 0. The summed E-state index contributed by atoms with van der Waals surface area (Å²) in [5, 5.41) is 12.1. The van der Waals surface area contributed by atoms with Gasteiger partial charge in [0.2, 0.25) is 0 Å². The van der Waals surface area contributed by atoms with Crippen LogP contribution >= 0.6 is 24.8 Å². The van der Waals surface area contributed by atoms with Crippen LogP contribution in [0.3, 0.4) is 0 Å². The van der Waals surface area contributed by atoms with Crippen LogP contribution in [0.2, 0.25) is 0 Å². The highest BCUT2D eigenvalue weighted by Gasteiger charge is 2.31. The van der Waals surface area contributed by atoms with Gasteiger partial charge in [-0.05, 0) is 38.8 Å². The Hall–Kier alpha value is -0.800. The first kappa shape index (κ1) is 25.2. The zero-order valence-electron chi connectivity index (χ0n) is 16.4. The zero-order valence-corrected chi connectivity index (χ0v) is 18.0. The van der Waals surface area contributed by atoms with Gasteiger partial charge >= 0.3 is 12.0 Å². The summed E-state index contributed by atoms with van der Waals surface area (Å²) < 4.78 is 5.60. The number of carbonyl (C=O) groups is 2. The lowest BCUT2D eigenvalue weighted by Gasteiger charge is -2.43. The molecule has 3 heterocycles. The summed E-state index contributed by atoms with van der Waals surface area (Å²) in [5.74, 6) is -0.832. The van der Waals surface area contributed by atoms with Crippen molar-refractivity contribution >= 4 is 36.8 Å². The quantitative estimate of drug-likeness (QED) is 0.669. The van der Waals surface area contributed by atoms with Crippen molar-refractivity contribution in [2.24, 2.45) is 0 Å². The maximum absolute atomic E-state index is 12.8. The molecule has 3 fully saturated rings. The lowest BCUT2D eigenvalue weighted by molar-refractivity contribution is -0.138. The number of nitrogens with zero attached hydrogens (tertiary/aromatic N) is 3. The van der Waals surface area contributed by atoms with Gasteiger partial charge in [-0.3, -0.25) is 9.69 Å². The fourth-order valence-electron chi connectivity index (χ4n) is 4.18. The molecule has 0 atom stereocenters. The topological polar surface area (TPSA) is 85.3 Å². The van der Waals surface area contributed by atoms with E-state index in [0.29, 0.717) is 19.1 Å². The maximum atomic E-state index is 12.8. The number of amides is 2. The first-order valence-corrected chi connectivity index (χ1v) is 9.95. The second kappa shape index (κ2) is 12.7. The van der Waals surface area contributed by atoms with E-state index in [1.54, 1.807) is 0 Å². The molecule has 0 aliphatic carbocycles. The molecule has 0 spiro atoms. The second-order valence-corrected chi connectivity index (χ2v) is 7.49. The standard InChI is InChI=1S/C18H32N4O4.2ClH/c23-17(24)5-14-26-16-3-8-21(9-4-16)18(25)22-12-10-20(11-13-22)15-1-6-19-7-2-15;;/h15-16,19H,1-14H2,(H,23,24);2*1H. The fourth-order valence-corrected chi connectivity index (χ4v) is 4.18. The van der Waals surface area contributed by atoms with E-state index >= 15 is 0 Å². The van der Waals surface area contributed by atoms with Gasteiger partial charge < -0.3 is 25.0 Å². The summed E-state index contributed by atoms with van der Waals surface area (Å²) in [5.41, 5.74) is 0. The fraction of sp³-hybridized carbons (Fsp3) is 0.889. The van der Waals surface area contributed by atoms with Crippen LogP contribution in [0.15, 0.2) is 0 Å². The number of rotatable bonds is 5. The molecule has 0 saturated carbocycles. The molecule has 3 aliphatic heterocycles. The first-order valence-electron chi connectivity index (χ1n) is 9.95. The largest absolute Gasteiger partial charge is 0.481 e. The molecule has 0 radical (unpaired) electrons. The number of hydrogen-bond acceptors (Lipinski definition) is 5. The smallest absolute Gasteiger partial charge is 0.320 e. The number of nitrogens with one attached hydrogen (secondary N) is 1. The van der Waals surface area contributed by atoms with E-state index in [1.807, 2.05) is 9.80 Å². The molecule has 3 saturated heterocycles. The Bertz CT molecular complexity index is 478. The van der Waals surface area contributed by atoms with Gasteiger partial charge in [-0.25, -0.2) is 4.79 Å². The lowest BCUT2D eigenvalue weighted by atomic mass is 10.0. The van der Waals surface area contributed by atoms with Crippen LogP contribution in [0.4, 0.5) is 4.79 Å². The van der Waals surface area contributed by atoms with Gasteiger partial charge in [0.15, 0.2) is 0 Å². The monoisotopic (exact) mass is 440 g/mol. The predicted octanol–water partition coefficient (Wildman–Crippen LogP) is 1.28. The molecule has 3 aliphatic rings. The third-order valence-corrected chi connectivity index (χ3v) is 5.79. The highest BCUT2D eigenvalue weighted by Crippen LogP contribution is 2.18. The van der Waals surface area contributed by atoms with Gasteiger partial charge in [0.1, 0.15) is 0 Å². The molecule has 2 N–H and O–H groups in total. The Kier molecular flexibility index (Phi) is 11.4. The molecular weight excluding hydrogens is 407 g/mol. The lowest BCUT2D eigenvalue weighted by Crippen LogP contribution is -2.57. The van der Waals surface area contributed by atoms with E-state index < -0.39 is 5.97 Å². The highest BCUT2D eigenvalue weighted by atomic mass is 35.5. The van der Waals surface area contributed by atoms with Crippen molar-refractivity contribution < 1.29 is 19.4 Å². The van der Waals surface area contributed by atoms with Crippen molar-refractivity contribution in [1.29, 1.82) is 0 Å². The maximum Gasteiger partial charge on any atom is 0.320 e. The molecule has 0 unspecified atom stereocenters. The van der Waals surface area contributed by atoms with Crippen molar-refractivity contribution in [3.63, 3.8) is 0 Å². The number of urea groups is 1. The SMILES string of the molecule is Cl.Cl.O=C(O)CCOC1CCN(C(=O)N2CCN(C3CCNCC3)CC2)CC1. The predicted molar refractivity (Wildman–Crippen MR) is 112 cm³/mol. The van der Waals surface area contributed by atoms with Crippen LogP contribution in [0, 0.1) is 0 Å². The Balaban J connectivity index is 0.00000196. The number of carbonyl (C=O) groups excluding carboxylic acids is 1. The summed E-state index contributed by atoms with van der Waals surface area (Å²) in [6.45, 7) is 7.45. The molecular formula is C18H34Cl2N4O4. The number of hydrogen-bond donors (Lipinski definition) is 2. The molecule has 8 nitrogen and oxygen atoms in total. The van der Waals surface area contributed by atoms with Crippen LogP contribution in [0.25, 0.3) is 0 Å². The van der Waals surface area contributed by atoms with E-state index in [2.05, 4.69) is 10.2 Å². The van der Waals surface area contributed by atoms with Gasteiger partial charge in [-0.2, -0.15) is 0 Å². The molecule has 3 rings (SSSR count). The highest BCUT2D eigenvalue weighted by molar-refractivity contribution is 5.85. The Morgan fingerprint density at radius 2 is 1.46 bits per heavy atom. The van der Waals surface area contributed by atoms with Crippen molar-refractivity contribution in [2.75, 3.05) is 59.0 Å². The molecule has 2 amide bonds. The molecule has 28 heavy (non-hydrogen) atoms. The normalized spacial score (nSPS) is 22.3. The van der Waals surface area contributed by atoms with Gasteiger partial charge in [0.25, 0.3) is 0 Å². The zero-order chi connectivity index (χ0) is 18.4. The molecule has 0 bridgehead atoms. The first-order chi connectivity index (χ1) is 12.6. The average Bonchev–Trinajstić information content (AvgIpc) is 2.68. The van der Waals surface area contributed by atoms with E-state index in [0.717, 1.165) is 52.1 Å². The Morgan fingerprint density at radius 3 is 2.04 bits per heavy atom. The van der Waals surface area contributed by atoms with Crippen LogP contribution < -0.4 is 5.32 Å².